The van der Waals surface area contributed by atoms with Crippen LogP contribution >= 0.6 is 11.6 Å². The van der Waals surface area contributed by atoms with Crippen LogP contribution < -0.4 is 15.0 Å². The number of carbonyl (C=O) groups excluding carboxylic acids is 1. The van der Waals surface area contributed by atoms with Crippen LogP contribution in [0.5, 0.6) is 5.75 Å². The average Bonchev–Trinajstić information content (AvgIpc) is 2.68. The maximum absolute atomic E-state index is 12.4. The number of piperazine rings is 1. The largest absolute Gasteiger partial charge is 0.482 e. The molecule has 2 aromatic carbocycles. The first kappa shape index (κ1) is 19.1. The van der Waals surface area contributed by atoms with E-state index in [1.165, 1.54) is 0 Å². The summed E-state index contributed by atoms with van der Waals surface area (Å²) in [7, 11) is 0. The van der Waals surface area contributed by atoms with Gasteiger partial charge in [0.05, 0.1) is 16.4 Å². The van der Waals surface area contributed by atoms with Crippen LogP contribution in [0.1, 0.15) is 8.35 Å². The highest BCUT2D eigenvalue weighted by Crippen LogP contribution is 2.27. The molecule has 1 heterocycles. The molecule has 1 amide bonds. The molecule has 1 aliphatic heterocycles. The molecule has 1 aliphatic rings. The number of hydrogen-bond acceptors (Lipinski definition) is 4. The molecule has 1 fully saturated rings. The molecule has 6 heteroatoms. The zero-order chi connectivity index (χ0) is 19.2. The SMILES string of the molecule is C=C(C)N1CCN(c2ccccc2NC(=O)COc2ccccc2Cl)CC1.[HH]. The van der Waals surface area contributed by atoms with Crippen molar-refractivity contribution in [3.8, 4) is 5.75 Å². The Labute approximate surface area is 166 Å². The lowest BCUT2D eigenvalue weighted by Crippen LogP contribution is -2.45. The van der Waals surface area contributed by atoms with E-state index in [9.17, 15) is 4.79 Å². The Morgan fingerprint density at radius 3 is 2.52 bits per heavy atom. The summed E-state index contributed by atoms with van der Waals surface area (Å²) in [6.45, 7) is 9.56. The van der Waals surface area contributed by atoms with Crippen LogP contribution in [-0.2, 0) is 4.79 Å². The van der Waals surface area contributed by atoms with E-state index >= 15 is 0 Å². The number of rotatable bonds is 6. The number of carbonyl (C=O) groups is 1. The number of benzene rings is 2. The van der Waals surface area contributed by atoms with Crippen molar-refractivity contribution in [3.05, 3.63) is 65.8 Å². The molecule has 1 saturated heterocycles. The van der Waals surface area contributed by atoms with Gasteiger partial charge >= 0.3 is 0 Å². The van der Waals surface area contributed by atoms with Crippen molar-refractivity contribution in [2.75, 3.05) is 43.0 Å². The molecule has 0 spiro atoms. The van der Waals surface area contributed by atoms with Crippen LogP contribution in [0.15, 0.2) is 60.8 Å². The second kappa shape index (κ2) is 8.82. The van der Waals surface area contributed by atoms with Crippen LogP contribution in [0.25, 0.3) is 0 Å². The molecule has 0 bridgehead atoms. The van der Waals surface area contributed by atoms with Gasteiger partial charge in [-0.3, -0.25) is 4.79 Å². The van der Waals surface area contributed by atoms with E-state index in [0.29, 0.717) is 10.8 Å². The molecular formula is C21H26ClN3O2. The summed E-state index contributed by atoms with van der Waals surface area (Å²) < 4.78 is 5.52. The Hall–Kier alpha value is -2.66. The predicted molar refractivity (Wildman–Crippen MR) is 113 cm³/mol. The Bertz CT molecular complexity index is 823. The fourth-order valence-corrected chi connectivity index (χ4v) is 3.27. The van der Waals surface area contributed by atoms with E-state index in [2.05, 4.69) is 21.7 Å². The number of para-hydroxylation sites is 3. The minimum absolute atomic E-state index is 0. The average molecular weight is 388 g/mol. The third kappa shape index (κ3) is 4.95. The molecule has 27 heavy (non-hydrogen) atoms. The number of ether oxygens (including phenoxy) is 1. The standard InChI is InChI=1S/C21H24ClN3O2.H2/c1-16(2)24-11-13-25(14-12-24)19-9-5-4-8-18(19)23-21(26)15-27-20-10-6-3-7-17(20)22;/h3-10H,1,11-15H2,2H3,(H,23,26);1H. The van der Waals surface area contributed by atoms with E-state index in [-0.39, 0.29) is 13.9 Å². The highest BCUT2D eigenvalue weighted by Gasteiger charge is 2.19. The summed E-state index contributed by atoms with van der Waals surface area (Å²) in [6, 6.07) is 14.9. The Morgan fingerprint density at radius 2 is 1.81 bits per heavy atom. The summed E-state index contributed by atoms with van der Waals surface area (Å²) in [5.41, 5.74) is 2.90. The second-order valence-electron chi connectivity index (χ2n) is 6.49. The third-order valence-electron chi connectivity index (χ3n) is 4.53. The van der Waals surface area contributed by atoms with E-state index < -0.39 is 0 Å². The lowest BCUT2D eigenvalue weighted by atomic mass is 10.2. The molecule has 0 atom stereocenters. The molecule has 144 valence electrons. The summed E-state index contributed by atoms with van der Waals surface area (Å²) in [4.78, 5) is 16.9. The van der Waals surface area contributed by atoms with Gasteiger partial charge in [-0.25, -0.2) is 0 Å². The first-order valence-electron chi connectivity index (χ1n) is 8.96. The van der Waals surface area contributed by atoms with Crippen LogP contribution in [-0.4, -0.2) is 43.6 Å². The topological polar surface area (TPSA) is 44.8 Å². The highest BCUT2D eigenvalue weighted by atomic mass is 35.5. The third-order valence-corrected chi connectivity index (χ3v) is 4.85. The van der Waals surface area contributed by atoms with Gasteiger partial charge in [0.2, 0.25) is 0 Å². The summed E-state index contributed by atoms with van der Waals surface area (Å²) >= 11 is 6.06. The summed E-state index contributed by atoms with van der Waals surface area (Å²) in [6.07, 6.45) is 0. The van der Waals surface area contributed by atoms with Crippen molar-refractivity contribution in [1.82, 2.24) is 4.90 Å². The zero-order valence-electron chi connectivity index (χ0n) is 15.5. The molecule has 0 saturated carbocycles. The van der Waals surface area contributed by atoms with Gasteiger partial charge in [0, 0.05) is 33.3 Å². The molecular weight excluding hydrogens is 362 g/mol. The normalized spacial score (nSPS) is 14.0. The highest BCUT2D eigenvalue weighted by molar-refractivity contribution is 6.32. The van der Waals surface area contributed by atoms with Gasteiger partial charge in [-0.05, 0) is 31.2 Å². The van der Waals surface area contributed by atoms with Gasteiger partial charge in [-0.2, -0.15) is 0 Å². The van der Waals surface area contributed by atoms with E-state index in [1.807, 2.05) is 43.3 Å². The minimum Gasteiger partial charge on any atom is -0.482 e. The monoisotopic (exact) mass is 387 g/mol. The molecule has 0 radical (unpaired) electrons. The molecule has 5 nitrogen and oxygen atoms in total. The number of nitrogens with zero attached hydrogens (tertiary/aromatic N) is 2. The van der Waals surface area contributed by atoms with Gasteiger partial charge in [0.1, 0.15) is 5.75 Å². The Kier molecular flexibility index (Phi) is 6.24. The number of allylic oxidation sites excluding steroid dienone is 1. The molecule has 0 aromatic heterocycles. The predicted octanol–water partition coefficient (Wildman–Crippen LogP) is 4.26. The number of hydrogen-bond donors (Lipinski definition) is 1. The summed E-state index contributed by atoms with van der Waals surface area (Å²) in [5, 5.41) is 3.44. The Balaban J connectivity index is 0.00000280. The lowest BCUT2D eigenvalue weighted by molar-refractivity contribution is -0.118. The summed E-state index contributed by atoms with van der Waals surface area (Å²) in [5.74, 6) is 0.279. The first-order chi connectivity index (χ1) is 13.0. The number of halogens is 1. The van der Waals surface area contributed by atoms with Crippen LogP contribution in [0.2, 0.25) is 5.02 Å². The fourth-order valence-electron chi connectivity index (χ4n) is 3.08. The zero-order valence-corrected chi connectivity index (χ0v) is 16.2. The molecule has 0 aliphatic carbocycles. The van der Waals surface area contributed by atoms with Crippen molar-refractivity contribution in [3.63, 3.8) is 0 Å². The molecule has 2 aromatic rings. The maximum atomic E-state index is 12.4. The fraction of sp³-hybridized carbons (Fsp3) is 0.286. The lowest BCUT2D eigenvalue weighted by Gasteiger charge is -2.38. The molecule has 1 N–H and O–H groups in total. The van der Waals surface area contributed by atoms with Gasteiger partial charge in [0.15, 0.2) is 6.61 Å². The van der Waals surface area contributed by atoms with E-state index in [4.69, 9.17) is 16.3 Å². The van der Waals surface area contributed by atoms with Crippen LogP contribution in [0.3, 0.4) is 0 Å². The van der Waals surface area contributed by atoms with Crippen molar-refractivity contribution >= 4 is 28.9 Å². The van der Waals surface area contributed by atoms with Gasteiger partial charge in [0.25, 0.3) is 5.91 Å². The van der Waals surface area contributed by atoms with Gasteiger partial charge in [-0.15, -0.1) is 0 Å². The van der Waals surface area contributed by atoms with E-state index in [0.717, 1.165) is 43.3 Å². The molecule has 0 unspecified atom stereocenters. The van der Waals surface area contributed by atoms with Crippen LogP contribution in [0, 0.1) is 0 Å². The Morgan fingerprint density at radius 1 is 1.15 bits per heavy atom. The minimum atomic E-state index is -0.219. The van der Waals surface area contributed by atoms with Crippen molar-refractivity contribution in [2.24, 2.45) is 0 Å². The maximum Gasteiger partial charge on any atom is 0.262 e. The number of amides is 1. The van der Waals surface area contributed by atoms with Crippen molar-refractivity contribution in [1.29, 1.82) is 0 Å². The van der Waals surface area contributed by atoms with Crippen molar-refractivity contribution in [2.45, 2.75) is 6.92 Å². The first-order valence-corrected chi connectivity index (χ1v) is 9.34. The van der Waals surface area contributed by atoms with Gasteiger partial charge in [-0.1, -0.05) is 42.4 Å². The second-order valence-corrected chi connectivity index (χ2v) is 6.90. The van der Waals surface area contributed by atoms with Crippen molar-refractivity contribution < 1.29 is 11.0 Å². The van der Waals surface area contributed by atoms with Crippen LogP contribution in [0.4, 0.5) is 11.4 Å². The quantitative estimate of drug-likeness (QED) is 0.804. The smallest absolute Gasteiger partial charge is 0.262 e. The van der Waals surface area contributed by atoms with E-state index in [1.54, 1.807) is 12.1 Å². The number of nitrogens with one attached hydrogen (secondary N) is 1. The number of anilines is 2. The molecule has 3 rings (SSSR count). The van der Waals surface area contributed by atoms with Gasteiger partial charge < -0.3 is 19.9 Å².